The molecular formula is C17H25NO2. The summed E-state index contributed by atoms with van der Waals surface area (Å²) in [5, 5.41) is 12.4. The molecule has 0 radical (unpaired) electrons. The Hall–Kier alpha value is -1.35. The number of rotatable bonds is 6. The van der Waals surface area contributed by atoms with E-state index in [-0.39, 0.29) is 12.0 Å². The zero-order chi connectivity index (χ0) is 14.4. The molecular weight excluding hydrogens is 250 g/mol. The van der Waals surface area contributed by atoms with E-state index in [1.165, 1.54) is 17.5 Å². The molecule has 110 valence electrons. The second-order valence-electron chi connectivity index (χ2n) is 5.69. The molecule has 1 aromatic carbocycles. The summed E-state index contributed by atoms with van der Waals surface area (Å²) >= 11 is 0. The third-order valence-electron chi connectivity index (χ3n) is 4.20. The summed E-state index contributed by atoms with van der Waals surface area (Å²) in [7, 11) is 0. The van der Waals surface area contributed by atoms with E-state index < -0.39 is 0 Å². The van der Waals surface area contributed by atoms with E-state index in [1.807, 2.05) is 6.92 Å². The van der Waals surface area contributed by atoms with Gasteiger partial charge < -0.3 is 10.4 Å². The minimum atomic E-state index is -0.300. The first-order chi connectivity index (χ1) is 9.70. The monoisotopic (exact) mass is 275 g/mol. The Kier molecular flexibility index (Phi) is 5.60. The third-order valence-corrected chi connectivity index (χ3v) is 4.20. The predicted octanol–water partition coefficient (Wildman–Crippen LogP) is 2.77. The van der Waals surface area contributed by atoms with E-state index in [0.717, 1.165) is 19.3 Å². The third kappa shape index (κ3) is 4.07. The molecule has 0 aliphatic heterocycles. The summed E-state index contributed by atoms with van der Waals surface area (Å²) in [5.41, 5.74) is 2.75. The van der Waals surface area contributed by atoms with Crippen LogP contribution in [0, 0.1) is 0 Å². The zero-order valence-corrected chi connectivity index (χ0v) is 12.3. The molecule has 2 rings (SSSR count). The quantitative estimate of drug-likeness (QED) is 0.838. The van der Waals surface area contributed by atoms with Crippen LogP contribution in [0.3, 0.4) is 0 Å². The highest BCUT2D eigenvalue weighted by molar-refractivity contribution is 5.77. The standard InChI is InChI=1S/C17H25NO2/c1-2-15(19)10-11-18-17(20)12-14-8-5-7-13-6-3-4-9-16(13)14/h3-4,6,9,14-15,19H,2,5,7-8,10-12H2,1H3,(H,18,20). The average Bonchev–Trinajstić information content (AvgIpc) is 2.47. The van der Waals surface area contributed by atoms with Gasteiger partial charge in [-0.15, -0.1) is 0 Å². The van der Waals surface area contributed by atoms with Crippen molar-refractivity contribution in [2.75, 3.05) is 6.54 Å². The summed E-state index contributed by atoms with van der Waals surface area (Å²) in [5.74, 6) is 0.464. The number of amides is 1. The van der Waals surface area contributed by atoms with E-state index in [2.05, 4.69) is 29.6 Å². The Morgan fingerprint density at radius 3 is 3.05 bits per heavy atom. The molecule has 2 atom stereocenters. The topological polar surface area (TPSA) is 49.3 Å². The maximum Gasteiger partial charge on any atom is 0.220 e. The molecule has 0 saturated heterocycles. The Bertz CT molecular complexity index is 444. The van der Waals surface area contributed by atoms with E-state index in [4.69, 9.17) is 0 Å². The van der Waals surface area contributed by atoms with Crippen molar-refractivity contribution in [3.05, 3.63) is 35.4 Å². The molecule has 0 bridgehead atoms. The van der Waals surface area contributed by atoms with E-state index in [1.54, 1.807) is 0 Å². The molecule has 1 aliphatic rings. The summed E-state index contributed by atoms with van der Waals surface area (Å²) in [6.07, 6.45) is 5.06. The molecule has 1 amide bonds. The number of carbonyl (C=O) groups is 1. The molecule has 0 spiro atoms. The van der Waals surface area contributed by atoms with Gasteiger partial charge in [0.1, 0.15) is 0 Å². The van der Waals surface area contributed by atoms with Crippen molar-refractivity contribution in [1.29, 1.82) is 0 Å². The SMILES string of the molecule is CCC(O)CCNC(=O)CC1CCCc2ccccc21. The van der Waals surface area contributed by atoms with Crippen molar-refractivity contribution >= 4 is 5.91 Å². The first-order valence-corrected chi connectivity index (χ1v) is 7.73. The average molecular weight is 275 g/mol. The van der Waals surface area contributed by atoms with Gasteiger partial charge in [0.2, 0.25) is 5.91 Å². The fourth-order valence-electron chi connectivity index (χ4n) is 2.94. The predicted molar refractivity (Wildman–Crippen MR) is 80.7 cm³/mol. The van der Waals surface area contributed by atoms with Crippen molar-refractivity contribution in [2.24, 2.45) is 0 Å². The van der Waals surface area contributed by atoms with Crippen LogP contribution in [0.5, 0.6) is 0 Å². The van der Waals surface area contributed by atoms with Crippen LogP contribution in [0.2, 0.25) is 0 Å². The number of benzene rings is 1. The first-order valence-electron chi connectivity index (χ1n) is 7.73. The number of aryl methyl sites for hydroxylation is 1. The van der Waals surface area contributed by atoms with Gasteiger partial charge in [0, 0.05) is 13.0 Å². The Morgan fingerprint density at radius 2 is 2.25 bits per heavy atom. The van der Waals surface area contributed by atoms with Crippen LogP contribution in [0.4, 0.5) is 0 Å². The van der Waals surface area contributed by atoms with E-state index in [9.17, 15) is 9.90 Å². The van der Waals surface area contributed by atoms with Crippen LogP contribution in [-0.4, -0.2) is 23.7 Å². The highest BCUT2D eigenvalue weighted by Gasteiger charge is 2.22. The fraction of sp³-hybridized carbons (Fsp3) is 0.588. The summed E-state index contributed by atoms with van der Waals surface area (Å²) < 4.78 is 0. The van der Waals surface area contributed by atoms with Crippen LogP contribution in [0.25, 0.3) is 0 Å². The van der Waals surface area contributed by atoms with Crippen molar-refractivity contribution < 1.29 is 9.90 Å². The lowest BCUT2D eigenvalue weighted by atomic mass is 9.81. The molecule has 0 aromatic heterocycles. The molecule has 3 heteroatoms. The lowest BCUT2D eigenvalue weighted by Gasteiger charge is -2.25. The summed E-state index contributed by atoms with van der Waals surface area (Å²) in [4.78, 5) is 12.0. The van der Waals surface area contributed by atoms with Crippen molar-refractivity contribution in [3.8, 4) is 0 Å². The lowest BCUT2D eigenvalue weighted by Crippen LogP contribution is -2.29. The molecule has 0 saturated carbocycles. The molecule has 1 aliphatic carbocycles. The largest absolute Gasteiger partial charge is 0.393 e. The van der Waals surface area contributed by atoms with Gasteiger partial charge in [-0.05, 0) is 49.1 Å². The molecule has 2 unspecified atom stereocenters. The number of fused-ring (bicyclic) bond motifs is 1. The van der Waals surface area contributed by atoms with Gasteiger partial charge in [-0.2, -0.15) is 0 Å². The molecule has 0 heterocycles. The van der Waals surface area contributed by atoms with Crippen molar-refractivity contribution in [3.63, 3.8) is 0 Å². The maximum atomic E-state index is 12.0. The maximum absolute atomic E-state index is 12.0. The number of nitrogens with one attached hydrogen (secondary N) is 1. The number of aliphatic hydroxyl groups is 1. The molecule has 1 aromatic rings. The van der Waals surface area contributed by atoms with Crippen LogP contribution >= 0.6 is 0 Å². The smallest absolute Gasteiger partial charge is 0.220 e. The second kappa shape index (κ2) is 7.44. The van der Waals surface area contributed by atoms with Crippen LogP contribution in [0.1, 0.15) is 56.1 Å². The Balaban J connectivity index is 1.83. The van der Waals surface area contributed by atoms with Gasteiger partial charge >= 0.3 is 0 Å². The van der Waals surface area contributed by atoms with Gasteiger partial charge in [0.25, 0.3) is 0 Å². The normalized spacial score (nSPS) is 19.2. The fourth-order valence-corrected chi connectivity index (χ4v) is 2.94. The molecule has 20 heavy (non-hydrogen) atoms. The van der Waals surface area contributed by atoms with Gasteiger partial charge in [-0.3, -0.25) is 4.79 Å². The Morgan fingerprint density at radius 1 is 1.45 bits per heavy atom. The molecule has 3 nitrogen and oxygen atoms in total. The van der Waals surface area contributed by atoms with Gasteiger partial charge in [0.05, 0.1) is 6.10 Å². The highest BCUT2D eigenvalue weighted by atomic mass is 16.3. The highest BCUT2D eigenvalue weighted by Crippen LogP contribution is 2.33. The summed E-state index contributed by atoms with van der Waals surface area (Å²) in [6, 6.07) is 8.48. The van der Waals surface area contributed by atoms with Gasteiger partial charge in [0.15, 0.2) is 0 Å². The number of aliphatic hydroxyl groups excluding tert-OH is 1. The zero-order valence-electron chi connectivity index (χ0n) is 12.3. The van der Waals surface area contributed by atoms with Crippen molar-refractivity contribution in [2.45, 2.75) is 57.5 Å². The Labute approximate surface area is 121 Å². The van der Waals surface area contributed by atoms with Crippen LogP contribution in [-0.2, 0) is 11.2 Å². The van der Waals surface area contributed by atoms with Crippen molar-refractivity contribution in [1.82, 2.24) is 5.32 Å². The molecule has 0 fully saturated rings. The number of carbonyl (C=O) groups excluding carboxylic acids is 1. The first kappa shape index (κ1) is 15.0. The minimum Gasteiger partial charge on any atom is -0.393 e. The number of hydrogen-bond donors (Lipinski definition) is 2. The number of hydrogen-bond acceptors (Lipinski definition) is 2. The van der Waals surface area contributed by atoms with Crippen LogP contribution in [0.15, 0.2) is 24.3 Å². The van der Waals surface area contributed by atoms with E-state index >= 15 is 0 Å². The second-order valence-corrected chi connectivity index (χ2v) is 5.69. The molecule has 2 N–H and O–H groups in total. The van der Waals surface area contributed by atoms with Crippen LogP contribution < -0.4 is 5.32 Å². The lowest BCUT2D eigenvalue weighted by molar-refractivity contribution is -0.121. The van der Waals surface area contributed by atoms with Gasteiger partial charge in [-0.25, -0.2) is 0 Å². The minimum absolute atomic E-state index is 0.106. The summed E-state index contributed by atoms with van der Waals surface area (Å²) in [6.45, 7) is 2.52. The van der Waals surface area contributed by atoms with Gasteiger partial charge in [-0.1, -0.05) is 31.2 Å². The van der Waals surface area contributed by atoms with E-state index in [0.29, 0.717) is 25.3 Å².